The summed E-state index contributed by atoms with van der Waals surface area (Å²) in [5.41, 5.74) is 13.3. The lowest BCUT2D eigenvalue weighted by Crippen LogP contribution is -1.88. The van der Waals surface area contributed by atoms with E-state index < -0.39 is 0 Å². The Morgan fingerprint density at radius 2 is 0.412 bits per heavy atom. The smallest absolute Gasteiger partial charge is 0.00266 e. The van der Waals surface area contributed by atoms with Gasteiger partial charge in [-0.05, 0) is 234 Å². The summed E-state index contributed by atoms with van der Waals surface area (Å²) in [4.78, 5) is 0. The van der Waals surface area contributed by atoms with Crippen molar-refractivity contribution in [1.82, 2.24) is 0 Å². The van der Waals surface area contributed by atoms with Crippen LogP contribution in [0.15, 0.2) is 376 Å². The SMILES string of the molecule is Cc1c2ccccc2c(-c2ccccc2)c2ccccc12.Cc1c2ccccc2cc2ccccc12.Cc1cc2ccccc2c2ccccc12.Cc1ccc2c(-c3ccccc3)c3ccccc3cc2c1.Cc1ccc2c(ccc3ccccc32)c1.Cc1ccc2cc3ccccc3cc2c1. The summed E-state index contributed by atoms with van der Waals surface area (Å²) in [5, 5.41) is 32.0. The molecule has 0 amide bonds. The van der Waals surface area contributed by atoms with Crippen LogP contribution in [0.3, 0.4) is 0 Å². The molecule has 0 fully saturated rings. The van der Waals surface area contributed by atoms with Gasteiger partial charge in [-0.15, -0.1) is 0 Å². The third-order valence-corrected chi connectivity index (χ3v) is 20.1. The predicted molar refractivity (Wildman–Crippen MR) is 448 cm³/mol. The van der Waals surface area contributed by atoms with Crippen LogP contribution in [0.2, 0.25) is 0 Å². The molecule has 0 aliphatic rings. The van der Waals surface area contributed by atoms with Crippen molar-refractivity contribution < 1.29 is 0 Å². The Kier molecular flexibility index (Phi) is 19.0. The summed E-state index contributed by atoms with van der Waals surface area (Å²) in [6, 6.07) is 134. The molecule has 0 heterocycles. The summed E-state index contributed by atoms with van der Waals surface area (Å²) < 4.78 is 0. The molecule has 0 spiro atoms. The molecule has 102 heavy (non-hydrogen) atoms. The van der Waals surface area contributed by atoms with Crippen LogP contribution in [0.4, 0.5) is 0 Å². The van der Waals surface area contributed by atoms with Gasteiger partial charge in [0.2, 0.25) is 0 Å². The fourth-order valence-corrected chi connectivity index (χ4v) is 15.0. The third-order valence-electron chi connectivity index (χ3n) is 20.1. The number of hydrogen-bond donors (Lipinski definition) is 0. The number of aryl methyl sites for hydroxylation is 6. The van der Waals surface area contributed by atoms with Gasteiger partial charge in [0.05, 0.1) is 0 Å². The molecule has 0 N–H and O–H groups in total. The van der Waals surface area contributed by atoms with Crippen molar-refractivity contribution in [2.45, 2.75) is 41.5 Å². The Morgan fingerprint density at radius 3 is 0.961 bits per heavy atom. The summed E-state index contributed by atoms with van der Waals surface area (Å²) in [5.74, 6) is 0. The Hall–Kier alpha value is -12.5. The molecule has 0 saturated carbocycles. The van der Waals surface area contributed by atoms with Crippen molar-refractivity contribution >= 4 is 129 Å². The Balaban J connectivity index is 0.0000000996. The molecule has 0 aliphatic carbocycles. The zero-order chi connectivity index (χ0) is 69.5. The molecule has 0 atom stereocenters. The van der Waals surface area contributed by atoms with Gasteiger partial charge in [0.25, 0.3) is 0 Å². The first-order valence-corrected chi connectivity index (χ1v) is 35.5. The average molecular weight is 1310 g/mol. The zero-order valence-corrected chi connectivity index (χ0v) is 58.8. The summed E-state index contributed by atoms with van der Waals surface area (Å²) in [6.07, 6.45) is 0. The number of fused-ring (bicyclic) bond motifs is 14. The van der Waals surface area contributed by atoms with E-state index in [0.29, 0.717) is 0 Å². The van der Waals surface area contributed by atoms with E-state index in [1.54, 1.807) is 0 Å². The normalized spacial score (nSPS) is 11.0. The Bertz CT molecular complexity index is 6290. The summed E-state index contributed by atoms with van der Waals surface area (Å²) in [6.45, 7) is 13.0. The van der Waals surface area contributed by atoms with Crippen molar-refractivity contribution in [2.75, 3.05) is 0 Å². The maximum absolute atomic E-state index is 2.30. The molecule has 488 valence electrons. The van der Waals surface area contributed by atoms with E-state index in [4.69, 9.17) is 0 Å². The van der Waals surface area contributed by atoms with Gasteiger partial charge in [0, 0.05) is 0 Å². The van der Waals surface area contributed by atoms with E-state index in [0.717, 1.165) is 0 Å². The van der Waals surface area contributed by atoms with Gasteiger partial charge in [0.15, 0.2) is 0 Å². The molecule has 0 bridgehead atoms. The average Bonchev–Trinajstić information content (AvgIpc) is 0.744. The molecular formula is C102H80. The number of benzene rings is 20. The monoisotopic (exact) mass is 1300 g/mol. The van der Waals surface area contributed by atoms with Gasteiger partial charge in [-0.3, -0.25) is 0 Å². The van der Waals surface area contributed by atoms with Crippen molar-refractivity contribution in [3.05, 3.63) is 409 Å². The summed E-state index contributed by atoms with van der Waals surface area (Å²) in [7, 11) is 0. The maximum Gasteiger partial charge on any atom is -0.00266 e. The maximum atomic E-state index is 2.30. The minimum Gasteiger partial charge on any atom is -0.0622 e. The predicted octanol–water partition coefficient (Wildman–Crippen LogP) is 29.1. The minimum atomic E-state index is 1.28. The molecule has 0 nitrogen and oxygen atoms in total. The molecule has 0 radical (unpaired) electrons. The van der Waals surface area contributed by atoms with E-state index in [-0.39, 0.29) is 0 Å². The molecule has 20 aromatic rings. The van der Waals surface area contributed by atoms with Crippen LogP contribution in [0.25, 0.3) is 152 Å². The largest absolute Gasteiger partial charge is 0.0622 e. The van der Waals surface area contributed by atoms with Crippen LogP contribution >= 0.6 is 0 Å². The van der Waals surface area contributed by atoms with Gasteiger partial charge in [-0.1, -0.05) is 369 Å². The summed E-state index contributed by atoms with van der Waals surface area (Å²) >= 11 is 0. The van der Waals surface area contributed by atoms with Gasteiger partial charge in [-0.25, -0.2) is 0 Å². The number of rotatable bonds is 2. The standard InChI is InChI=1S/2C21H16.4C15H12/c1-15-17-11-5-7-13-19(17)21(16-9-3-2-4-10-16)20-14-8-6-12-18(15)20;1-15-11-12-20-18(13-15)14-17-9-5-6-10-19(17)21(20)16-7-3-2-4-8-16;1-11-14-8-4-2-6-12(14)10-13-7-3-5-9-15(11)13;1-11-10-12-6-2-3-8-14(12)15-9-5-4-7-13(11)15;1-11-6-9-15-13(10-11)8-7-12-4-2-3-5-14(12)15;1-11-6-7-14-9-12-4-2-3-5-13(12)10-15(14)8-11/h2*2-14H,1H3;4*2-10H,1H3. The van der Waals surface area contributed by atoms with Gasteiger partial charge in [0.1, 0.15) is 0 Å². The van der Waals surface area contributed by atoms with Crippen LogP contribution in [0, 0.1) is 41.5 Å². The first kappa shape index (κ1) is 65.5. The van der Waals surface area contributed by atoms with Crippen LogP contribution in [0.1, 0.15) is 33.4 Å². The highest BCUT2D eigenvalue weighted by Crippen LogP contribution is 2.40. The third kappa shape index (κ3) is 13.7. The highest BCUT2D eigenvalue weighted by Gasteiger charge is 2.14. The molecule has 0 unspecified atom stereocenters. The lowest BCUT2D eigenvalue weighted by Gasteiger charge is -2.15. The van der Waals surface area contributed by atoms with E-state index in [1.165, 1.54) is 185 Å². The van der Waals surface area contributed by atoms with Crippen LogP contribution in [-0.2, 0) is 0 Å². The van der Waals surface area contributed by atoms with Crippen LogP contribution < -0.4 is 0 Å². The minimum absolute atomic E-state index is 1.28. The Morgan fingerprint density at radius 1 is 0.137 bits per heavy atom. The highest BCUT2D eigenvalue weighted by atomic mass is 14.2. The highest BCUT2D eigenvalue weighted by molar-refractivity contribution is 6.16. The van der Waals surface area contributed by atoms with E-state index in [2.05, 4.69) is 418 Å². The van der Waals surface area contributed by atoms with E-state index in [9.17, 15) is 0 Å². The molecule has 0 aliphatic heterocycles. The lowest BCUT2D eigenvalue weighted by molar-refractivity contribution is 1.51. The topological polar surface area (TPSA) is 0 Å². The molecule has 0 aromatic heterocycles. The molecule has 0 heteroatoms. The number of hydrogen-bond acceptors (Lipinski definition) is 0. The Labute approximate surface area is 598 Å². The van der Waals surface area contributed by atoms with E-state index >= 15 is 0 Å². The van der Waals surface area contributed by atoms with Crippen molar-refractivity contribution in [2.24, 2.45) is 0 Å². The van der Waals surface area contributed by atoms with E-state index in [1.807, 2.05) is 0 Å². The van der Waals surface area contributed by atoms with Crippen LogP contribution in [0.5, 0.6) is 0 Å². The first-order chi connectivity index (χ1) is 50.1. The van der Waals surface area contributed by atoms with Crippen molar-refractivity contribution in [1.29, 1.82) is 0 Å². The quantitative estimate of drug-likeness (QED) is 0.120. The molecule has 20 aromatic carbocycles. The van der Waals surface area contributed by atoms with Gasteiger partial charge >= 0.3 is 0 Å². The second-order valence-corrected chi connectivity index (χ2v) is 27.0. The fraction of sp³-hybridized carbons (Fsp3) is 0.0588. The molecule has 20 rings (SSSR count). The zero-order valence-electron chi connectivity index (χ0n) is 58.8. The van der Waals surface area contributed by atoms with Gasteiger partial charge in [-0.2, -0.15) is 0 Å². The van der Waals surface area contributed by atoms with Gasteiger partial charge < -0.3 is 0 Å². The fourth-order valence-electron chi connectivity index (χ4n) is 15.0. The van der Waals surface area contributed by atoms with Crippen molar-refractivity contribution in [3.63, 3.8) is 0 Å². The molecule has 0 saturated heterocycles. The molecular weight excluding hydrogens is 1230 g/mol. The van der Waals surface area contributed by atoms with Crippen molar-refractivity contribution in [3.8, 4) is 22.3 Å². The second kappa shape index (κ2) is 29.5. The van der Waals surface area contributed by atoms with Crippen LogP contribution in [-0.4, -0.2) is 0 Å². The first-order valence-electron chi connectivity index (χ1n) is 35.5. The lowest BCUT2D eigenvalue weighted by atomic mass is 9.89. The second-order valence-electron chi connectivity index (χ2n) is 27.0.